The highest BCUT2D eigenvalue weighted by atomic mass is 32.2. The molecule has 9 heteroatoms. The lowest BCUT2D eigenvalue weighted by atomic mass is 9.71. The van der Waals surface area contributed by atoms with Crippen LogP contribution in [0.2, 0.25) is 0 Å². The van der Waals surface area contributed by atoms with Gasteiger partial charge in [-0.25, -0.2) is 0 Å². The lowest BCUT2D eigenvalue weighted by Gasteiger charge is -2.43. The van der Waals surface area contributed by atoms with E-state index in [2.05, 4.69) is 0 Å². The van der Waals surface area contributed by atoms with Gasteiger partial charge >= 0.3 is 5.97 Å². The summed E-state index contributed by atoms with van der Waals surface area (Å²) in [6.45, 7) is -0.306. The number of thiocyanates is 1. The summed E-state index contributed by atoms with van der Waals surface area (Å²) in [6, 6.07) is 3.20. The van der Waals surface area contributed by atoms with Crippen LogP contribution in [0.3, 0.4) is 0 Å². The number of rotatable bonds is 5. The summed E-state index contributed by atoms with van der Waals surface area (Å²) in [5.41, 5.74) is 2.75. The maximum atomic E-state index is 13.2. The van der Waals surface area contributed by atoms with E-state index in [0.717, 1.165) is 11.8 Å². The highest BCUT2D eigenvalue weighted by molar-refractivity contribution is 8.03. The zero-order valence-corrected chi connectivity index (χ0v) is 18.3. The van der Waals surface area contributed by atoms with Crippen molar-refractivity contribution in [3.63, 3.8) is 0 Å². The summed E-state index contributed by atoms with van der Waals surface area (Å²) < 4.78 is 5.30. The summed E-state index contributed by atoms with van der Waals surface area (Å²) in [5, 5.41) is 31.0. The Hall–Kier alpha value is -3.25. The second-order valence-corrected chi connectivity index (χ2v) is 8.78. The number of phenolic OH excluding ortho intramolecular Hbond substituents is 1. The van der Waals surface area contributed by atoms with Crippen molar-refractivity contribution in [2.75, 3.05) is 13.7 Å². The second-order valence-electron chi connectivity index (χ2n) is 7.95. The number of aliphatic carboxylic acids is 1. The second kappa shape index (κ2) is 8.71. The van der Waals surface area contributed by atoms with E-state index in [0.29, 0.717) is 66.6 Å². The summed E-state index contributed by atoms with van der Waals surface area (Å²) in [6.07, 6.45) is 2.97. The van der Waals surface area contributed by atoms with Gasteiger partial charge in [-0.3, -0.25) is 14.4 Å². The molecule has 8 nitrogen and oxygen atoms in total. The first-order valence-corrected chi connectivity index (χ1v) is 11.2. The molecule has 2 N–H and O–H groups in total. The van der Waals surface area contributed by atoms with Gasteiger partial charge in [0, 0.05) is 41.3 Å². The molecule has 0 atom stereocenters. The highest BCUT2D eigenvalue weighted by Gasteiger charge is 2.44. The SMILES string of the molecule is COc1cc(C2C3=C(CCCC3=O)N(CC(=O)O)C3=C2C(=O)CCC3)cc(SC#N)c1O. The van der Waals surface area contributed by atoms with E-state index in [9.17, 15) is 24.6 Å². The normalized spacial score (nSPS) is 18.9. The predicted octanol–water partition coefficient (Wildman–Crippen LogP) is 3.47. The first-order chi connectivity index (χ1) is 15.4. The van der Waals surface area contributed by atoms with Crippen molar-refractivity contribution in [1.29, 1.82) is 5.26 Å². The lowest BCUT2D eigenvalue weighted by molar-refractivity contribution is -0.138. The Morgan fingerprint density at radius 3 is 2.25 bits per heavy atom. The van der Waals surface area contributed by atoms with Crippen LogP contribution in [-0.2, 0) is 14.4 Å². The number of nitrogens with zero attached hydrogens (tertiary/aromatic N) is 2. The zero-order chi connectivity index (χ0) is 23.0. The van der Waals surface area contributed by atoms with Crippen molar-refractivity contribution in [3.05, 3.63) is 40.2 Å². The van der Waals surface area contributed by atoms with Crippen LogP contribution < -0.4 is 4.74 Å². The van der Waals surface area contributed by atoms with Crippen molar-refractivity contribution in [2.45, 2.75) is 49.3 Å². The summed E-state index contributed by atoms with van der Waals surface area (Å²) in [7, 11) is 1.39. The number of carbonyl (C=O) groups is 3. The first kappa shape index (κ1) is 22.0. The number of carbonyl (C=O) groups excluding carboxylic acids is 2. The van der Waals surface area contributed by atoms with Crippen LogP contribution in [0.4, 0.5) is 0 Å². The monoisotopic (exact) mass is 454 g/mol. The number of nitriles is 1. The van der Waals surface area contributed by atoms with Crippen LogP contribution in [0.1, 0.15) is 50.0 Å². The fourth-order valence-corrected chi connectivity index (χ4v) is 5.42. The number of benzene rings is 1. The molecule has 0 amide bonds. The summed E-state index contributed by atoms with van der Waals surface area (Å²) >= 11 is 0.764. The lowest BCUT2D eigenvalue weighted by Crippen LogP contribution is -2.41. The van der Waals surface area contributed by atoms with Gasteiger partial charge in [0.1, 0.15) is 11.9 Å². The third-order valence-electron chi connectivity index (χ3n) is 6.15. The minimum absolute atomic E-state index is 0.113. The number of Topliss-reactive ketones (excluding diaryl/α,β-unsaturated/α-hetero) is 2. The number of hydrogen-bond acceptors (Lipinski definition) is 8. The van der Waals surface area contributed by atoms with Crippen molar-refractivity contribution in [1.82, 2.24) is 4.90 Å². The number of carboxylic acids is 1. The molecule has 1 aliphatic heterocycles. The Kier molecular flexibility index (Phi) is 5.98. The quantitative estimate of drug-likeness (QED) is 0.507. The molecule has 0 spiro atoms. The fraction of sp³-hybridized carbons (Fsp3) is 0.391. The fourth-order valence-electron chi connectivity index (χ4n) is 4.93. The number of thioether (sulfide) groups is 1. The molecular formula is C23H22N2O6S. The molecule has 32 heavy (non-hydrogen) atoms. The van der Waals surface area contributed by atoms with E-state index >= 15 is 0 Å². The van der Waals surface area contributed by atoms with Gasteiger partial charge in [-0.15, -0.1) is 0 Å². The van der Waals surface area contributed by atoms with Gasteiger partial charge < -0.3 is 19.8 Å². The van der Waals surface area contributed by atoms with E-state index in [1.165, 1.54) is 7.11 Å². The van der Waals surface area contributed by atoms with E-state index < -0.39 is 11.9 Å². The maximum absolute atomic E-state index is 13.2. The number of methoxy groups -OCH3 is 1. The largest absolute Gasteiger partial charge is 0.503 e. The molecule has 2 aliphatic carbocycles. The molecule has 1 heterocycles. The molecule has 0 fully saturated rings. The molecule has 166 valence electrons. The van der Waals surface area contributed by atoms with Gasteiger partial charge in [-0.05, 0) is 55.1 Å². The Bertz CT molecular complexity index is 1090. The smallest absolute Gasteiger partial charge is 0.323 e. The van der Waals surface area contributed by atoms with E-state index in [-0.39, 0.29) is 34.5 Å². The Morgan fingerprint density at radius 2 is 1.75 bits per heavy atom. The molecule has 0 saturated heterocycles. The van der Waals surface area contributed by atoms with E-state index in [4.69, 9.17) is 10.00 Å². The number of phenols is 1. The van der Waals surface area contributed by atoms with Crippen molar-refractivity contribution < 1.29 is 29.3 Å². The molecule has 0 radical (unpaired) electrons. The predicted molar refractivity (Wildman–Crippen MR) is 115 cm³/mol. The van der Waals surface area contributed by atoms with E-state index in [1.807, 2.05) is 5.40 Å². The van der Waals surface area contributed by atoms with Gasteiger partial charge in [0.05, 0.1) is 12.0 Å². The van der Waals surface area contributed by atoms with Gasteiger partial charge in [0.25, 0.3) is 0 Å². The van der Waals surface area contributed by atoms with Crippen LogP contribution in [0.15, 0.2) is 39.6 Å². The van der Waals surface area contributed by atoms with Crippen LogP contribution >= 0.6 is 11.8 Å². The number of ketones is 2. The third kappa shape index (κ3) is 3.65. The van der Waals surface area contributed by atoms with Crippen LogP contribution in [-0.4, -0.2) is 46.3 Å². The van der Waals surface area contributed by atoms with Crippen molar-refractivity contribution in [3.8, 4) is 16.9 Å². The number of carboxylic acid groups (broad SMARTS) is 1. The molecule has 0 aromatic heterocycles. The number of ether oxygens (including phenoxy) is 1. The van der Waals surface area contributed by atoms with Crippen molar-refractivity contribution in [2.24, 2.45) is 0 Å². The number of aromatic hydroxyl groups is 1. The Balaban J connectivity index is 1.99. The van der Waals surface area contributed by atoms with E-state index in [1.54, 1.807) is 17.0 Å². The van der Waals surface area contributed by atoms with Gasteiger partial charge in [0.2, 0.25) is 0 Å². The third-order valence-corrected chi connectivity index (χ3v) is 6.77. The number of allylic oxidation sites excluding steroid dienone is 4. The molecular weight excluding hydrogens is 432 g/mol. The molecule has 3 aliphatic rings. The number of hydrogen-bond donors (Lipinski definition) is 2. The molecule has 0 bridgehead atoms. The molecule has 4 rings (SSSR count). The average molecular weight is 455 g/mol. The minimum Gasteiger partial charge on any atom is -0.503 e. The van der Waals surface area contributed by atoms with Gasteiger partial charge in [0.15, 0.2) is 23.1 Å². The average Bonchev–Trinajstić information content (AvgIpc) is 2.76. The topological polar surface area (TPSA) is 128 Å². The van der Waals surface area contributed by atoms with Crippen LogP contribution in [0, 0.1) is 10.7 Å². The molecule has 0 saturated carbocycles. The first-order valence-electron chi connectivity index (χ1n) is 10.4. The summed E-state index contributed by atoms with van der Waals surface area (Å²) in [4.78, 5) is 39.9. The molecule has 0 unspecified atom stereocenters. The highest BCUT2D eigenvalue weighted by Crippen LogP contribution is 2.51. The Labute approximate surface area is 189 Å². The Morgan fingerprint density at radius 1 is 1.16 bits per heavy atom. The van der Waals surface area contributed by atoms with Crippen LogP contribution in [0.5, 0.6) is 11.5 Å². The maximum Gasteiger partial charge on any atom is 0.323 e. The summed E-state index contributed by atoms with van der Waals surface area (Å²) in [5.74, 6) is -1.98. The zero-order valence-electron chi connectivity index (χ0n) is 17.5. The molecule has 1 aromatic rings. The molecule has 1 aromatic carbocycles. The standard InChI is InChI=1S/C23H22N2O6S/c1-31-17-8-12(9-18(23(17)30)32-11-24)20-21-13(4-2-6-15(21)26)25(10-19(28)29)14-5-3-7-16(27)22(14)20/h8-9,20,30H,2-7,10H2,1H3,(H,28,29). The minimum atomic E-state index is -1.03. The van der Waals surface area contributed by atoms with Gasteiger partial charge in [-0.1, -0.05) is 0 Å². The van der Waals surface area contributed by atoms with Gasteiger partial charge in [-0.2, -0.15) is 5.26 Å². The van der Waals surface area contributed by atoms with Crippen molar-refractivity contribution >= 4 is 29.3 Å². The van der Waals surface area contributed by atoms with Crippen LogP contribution in [0.25, 0.3) is 0 Å².